The second kappa shape index (κ2) is 9.98. The van der Waals surface area contributed by atoms with Crippen molar-refractivity contribution in [2.75, 3.05) is 14.2 Å². The molecule has 2 aromatic heterocycles. The van der Waals surface area contributed by atoms with Crippen LogP contribution in [0.25, 0.3) is 11.7 Å². The van der Waals surface area contributed by atoms with Gasteiger partial charge < -0.3 is 28.2 Å². The van der Waals surface area contributed by atoms with E-state index >= 15 is 0 Å². The highest BCUT2D eigenvalue weighted by Gasteiger charge is 2.16. The molecule has 0 radical (unpaired) electrons. The Labute approximate surface area is 174 Å². The Balaban J connectivity index is 1.60. The average molecular weight is 415 g/mol. The van der Waals surface area contributed by atoms with E-state index < -0.39 is 12.1 Å². The number of hydrogen-bond acceptors (Lipinski definition) is 8. The van der Waals surface area contributed by atoms with Gasteiger partial charge in [-0.15, -0.1) is 0 Å². The number of oxazole rings is 1. The Kier molecular flexibility index (Phi) is 7.13. The van der Waals surface area contributed by atoms with Gasteiger partial charge in [0.25, 0.3) is 5.89 Å². The molecule has 0 spiro atoms. The molecule has 0 saturated carbocycles. The summed E-state index contributed by atoms with van der Waals surface area (Å²) < 4.78 is 26.8. The molecule has 0 bridgehead atoms. The van der Waals surface area contributed by atoms with Gasteiger partial charge in [0, 0.05) is 0 Å². The van der Waals surface area contributed by atoms with Gasteiger partial charge in [-0.1, -0.05) is 6.07 Å². The lowest BCUT2D eigenvalue weighted by Crippen LogP contribution is -2.21. The molecule has 0 aliphatic carbocycles. The maximum atomic E-state index is 11.3. The lowest BCUT2D eigenvalue weighted by Gasteiger charge is -2.12. The highest BCUT2D eigenvalue weighted by atomic mass is 16.5. The summed E-state index contributed by atoms with van der Waals surface area (Å²) in [6, 6.07) is 9.18. The molecule has 1 aromatic carbocycles. The number of benzene rings is 1. The van der Waals surface area contributed by atoms with E-state index in [0.29, 0.717) is 53.9 Å². The van der Waals surface area contributed by atoms with Crippen LogP contribution in [0.3, 0.4) is 0 Å². The molecule has 3 aromatic rings. The minimum absolute atomic E-state index is 0.219. The number of carbonyl (C=O) groups is 1. The normalized spacial score (nSPS) is 11.9. The maximum absolute atomic E-state index is 11.3. The standard InChI is InChI=1S/C22H25NO7/c1-14-16(23-21(30-14)19-8-5-11-28-19)13-29-18-10-9-15(12-20(18)26-2)6-4-7-17(24)22(25)27-3/h5,8-12,17,24H,4,6-7,13H2,1-3H3/t17-/m0/s1. The van der Waals surface area contributed by atoms with Crippen molar-refractivity contribution in [1.29, 1.82) is 0 Å². The minimum Gasteiger partial charge on any atom is -0.493 e. The van der Waals surface area contributed by atoms with Crippen molar-refractivity contribution >= 4 is 5.97 Å². The molecule has 3 rings (SSSR count). The molecule has 2 heterocycles. The highest BCUT2D eigenvalue weighted by molar-refractivity contribution is 5.74. The second-order valence-corrected chi connectivity index (χ2v) is 6.70. The minimum atomic E-state index is -1.10. The van der Waals surface area contributed by atoms with Gasteiger partial charge in [0.15, 0.2) is 23.4 Å². The van der Waals surface area contributed by atoms with Crippen molar-refractivity contribution in [2.45, 2.75) is 38.9 Å². The Morgan fingerprint density at radius 3 is 2.77 bits per heavy atom. The number of aliphatic hydroxyl groups excluding tert-OH is 1. The number of nitrogens with zero attached hydrogens (tertiary/aromatic N) is 1. The molecule has 8 nitrogen and oxygen atoms in total. The van der Waals surface area contributed by atoms with E-state index in [1.807, 2.05) is 25.1 Å². The molecule has 0 amide bonds. The number of esters is 1. The molecule has 8 heteroatoms. The van der Waals surface area contributed by atoms with Crippen molar-refractivity contribution in [3.63, 3.8) is 0 Å². The molecular weight excluding hydrogens is 390 g/mol. The van der Waals surface area contributed by atoms with E-state index in [0.717, 1.165) is 5.56 Å². The van der Waals surface area contributed by atoms with Gasteiger partial charge in [-0.3, -0.25) is 0 Å². The first-order chi connectivity index (χ1) is 14.5. The summed E-state index contributed by atoms with van der Waals surface area (Å²) in [5, 5.41) is 9.66. The first-order valence-electron chi connectivity index (χ1n) is 9.57. The van der Waals surface area contributed by atoms with Crippen LogP contribution in [0.15, 0.2) is 45.4 Å². The van der Waals surface area contributed by atoms with E-state index in [4.69, 9.17) is 18.3 Å². The zero-order valence-electron chi connectivity index (χ0n) is 17.2. The Hall–Kier alpha value is -3.26. The molecule has 0 saturated heterocycles. The first-order valence-corrected chi connectivity index (χ1v) is 9.57. The first kappa shape index (κ1) is 21.4. The summed E-state index contributed by atoms with van der Waals surface area (Å²) in [5.74, 6) is 2.18. The number of aromatic nitrogens is 1. The summed E-state index contributed by atoms with van der Waals surface area (Å²) in [5.41, 5.74) is 1.68. The molecular formula is C22H25NO7. The van der Waals surface area contributed by atoms with Crippen LogP contribution in [0.2, 0.25) is 0 Å². The van der Waals surface area contributed by atoms with Gasteiger partial charge in [0.2, 0.25) is 0 Å². The van der Waals surface area contributed by atoms with E-state index in [1.54, 1.807) is 25.5 Å². The number of hydrogen-bond donors (Lipinski definition) is 1. The van der Waals surface area contributed by atoms with E-state index in [9.17, 15) is 9.90 Å². The fraction of sp³-hybridized carbons (Fsp3) is 0.364. The average Bonchev–Trinajstić information content (AvgIpc) is 3.41. The molecule has 30 heavy (non-hydrogen) atoms. The summed E-state index contributed by atoms with van der Waals surface area (Å²) >= 11 is 0. The van der Waals surface area contributed by atoms with Crippen molar-refractivity contribution in [1.82, 2.24) is 4.98 Å². The molecule has 0 unspecified atom stereocenters. The Morgan fingerprint density at radius 2 is 2.07 bits per heavy atom. The fourth-order valence-electron chi connectivity index (χ4n) is 2.95. The fourth-order valence-corrected chi connectivity index (χ4v) is 2.95. The van der Waals surface area contributed by atoms with Crippen LogP contribution in [-0.2, 0) is 22.6 Å². The number of rotatable bonds is 10. The Bertz CT molecular complexity index is 962. The van der Waals surface area contributed by atoms with Gasteiger partial charge >= 0.3 is 5.97 Å². The van der Waals surface area contributed by atoms with Crippen molar-refractivity contribution < 1.29 is 32.9 Å². The quantitative estimate of drug-likeness (QED) is 0.500. The largest absolute Gasteiger partial charge is 0.493 e. The molecule has 1 N–H and O–H groups in total. The van der Waals surface area contributed by atoms with Crippen LogP contribution >= 0.6 is 0 Å². The predicted octanol–water partition coefficient (Wildman–Crippen LogP) is 3.69. The third kappa shape index (κ3) is 5.21. The van der Waals surface area contributed by atoms with Crippen LogP contribution in [0.4, 0.5) is 0 Å². The van der Waals surface area contributed by atoms with Crippen molar-refractivity contribution in [3.8, 4) is 23.1 Å². The predicted molar refractivity (Wildman–Crippen MR) is 107 cm³/mol. The topological polar surface area (TPSA) is 104 Å². The van der Waals surface area contributed by atoms with Gasteiger partial charge in [-0.25, -0.2) is 9.78 Å². The molecule has 1 atom stereocenters. The van der Waals surface area contributed by atoms with E-state index in [1.165, 1.54) is 7.11 Å². The number of aryl methyl sites for hydroxylation is 2. The number of carbonyl (C=O) groups excluding carboxylic acids is 1. The van der Waals surface area contributed by atoms with Gasteiger partial charge in [0.05, 0.1) is 20.5 Å². The third-order valence-corrected chi connectivity index (χ3v) is 4.63. The maximum Gasteiger partial charge on any atom is 0.334 e. The summed E-state index contributed by atoms with van der Waals surface area (Å²) in [4.78, 5) is 15.7. The number of methoxy groups -OCH3 is 2. The van der Waals surface area contributed by atoms with Gasteiger partial charge in [-0.2, -0.15) is 0 Å². The monoisotopic (exact) mass is 415 g/mol. The van der Waals surface area contributed by atoms with Crippen LogP contribution in [0.1, 0.15) is 29.9 Å². The van der Waals surface area contributed by atoms with Gasteiger partial charge in [0.1, 0.15) is 18.1 Å². The molecule has 0 aliphatic heterocycles. The van der Waals surface area contributed by atoms with Crippen LogP contribution < -0.4 is 9.47 Å². The Morgan fingerprint density at radius 1 is 1.23 bits per heavy atom. The lowest BCUT2D eigenvalue weighted by molar-refractivity contribution is -0.150. The smallest absolute Gasteiger partial charge is 0.334 e. The zero-order chi connectivity index (χ0) is 21.5. The SMILES string of the molecule is COC(=O)[C@@H](O)CCCc1ccc(OCc2nc(-c3ccco3)oc2C)c(OC)c1. The number of ether oxygens (including phenoxy) is 3. The van der Waals surface area contributed by atoms with Crippen LogP contribution in [-0.4, -0.2) is 36.4 Å². The van der Waals surface area contributed by atoms with E-state index in [-0.39, 0.29) is 6.61 Å². The van der Waals surface area contributed by atoms with Crippen molar-refractivity contribution in [3.05, 3.63) is 53.6 Å². The summed E-state index contributed by atoms with van der Waals surface area (Å²) in [7, 11) is 2.83. The third-order valence-electron chi connectivity index (χ3n) is 4.63. The lowest BCUT2D eigenvalue weighted by atomic mass is 10.1. The second-order valence-electron chi connectivity index (χ2n) is 6.70. The highest BCUT2D eigenvalue weighted by Crippen LogP contribution is 2.30. The molecule has 0 fully saturated rings. The molecule has 160 valence electrons. The number of aliphatic hydroxyl groups is 1. The van der Waals surface area contributed by atoms with Gasteiger partial charge in [-0.05, 0) is 56.0 Å². The zero-order valence-corrected chi connectivity index (χ0v) is 17.2. The van der Waals surface area contributed by atoms with Crippen LogP contribution in [0.5, 0.6) is 11.5 Å². The van der Waals surface area contributed by atoms with Crippen LogP contribution in [0, 0.1) is 6.92 Å². The molecule has 0 aliphatic rings. The van der Waals surface area contributed by atoms with Crippen molar-refractivity contribution in [2.24, 2.45) is 0 Å². The number of furan rings is 1. The summed E-state index contributed by atoms with van der Waals surface area (Å²) in [6.45, 7) is 2.04. The summed E-state index contributed by atoms with van der Waals surface area (Å²) in [6.07, 6.45) is 2.10. The van der Waals surface area contributed by atoms with E-state index in [2.05, 4.69) is 9.72 Å².